The molecular weight excluding hydrogens is 185 g/mol. The molecule has 0 radical (unpaired) electrons. The Hall–Kier alpha value is -1.59. The van der Waals surface area contributed by atoms with Crippen molar-refractivity contribution in [2.45, 2.75) is 6.18 Å². The largest absolute Gasteiger partial charge is 0.454 e. The lowest BCUT2D eigenvalue weighted by Gasteiger charge is -2.00. The van der Waals surface area contributed by atoms with Gasteiger partial charge in [-0.05, 0) is 0 Å². The van der Waals surface area contributed by atoms with E-state index in [1.165, 1.54) is 6.20 Å². The van der Waals surface area contributed by atoms with Gasteiger partial charge in [0, 0.05) is 12.4 Å². The topological polar surface area (TPSA) is 34.9 Å². The molecule has 0 spiro atoms. The molecule has 0 aliphatic carbocycles. The van der Waals surface area contributed by atoms with E-state index in [1.54, 1.807) is 0 Å². The maximum atomic E-state index is 11.8. The van der Waals surface area contributed by atoms with Gasteiger partial charge in [0.15, 0.2) is 0 Å². The number of hydrogen-bond donors (Lipinski definition) is 0. The fraction of sp³-hybridized carbons (Fsp3) is 0.143. The summed E-state index contributed by atoms with van der Waals surface area (Å²) < 4.78 is 36.5. The number of carbonyl (C=O) groups is 1. The highest BCUT2D eigenvalue weighted by Gasteiger charge is 2.39. The van der Waals surface area contributed by atoms with E-state index in [9.17, 15) is 18.0 Å². The summed E-state index contributed by atoms with van der Waals surface area (Å²) in [6.07, 6.45) is -1.86. The summed E-state index contributed by atoms with van der Waals surface area (Å²) in [4.78, 5) is 10.6. The molecule has 70 valence electrons. The molecule has 0 atom stereocenters. The monoisotopic (exact) mass is 190 g/mol. The molecular formula is C7H5F3N2O. The lowest BCUT2D eigenvalue weighted by Crippen LogP contribution is -2.22. The van der Waals surface area contributed by atoms with E-state index in [2.05, 4.69) is 11.7 Å². The smallest absolute Gasteiger partial charge is 0.284 e. The van der Waals surface area contributed by atoms with Crippen molar-refractivity contribution in [1.82, 2.24) is 9.78 Å². The van der Waals surface area contributed by atoms with Crippen molar-refractivity contribution in [1.29, 1.82) is 0 Å². The van der Waals surface area contributed by atoms with Gasteiger partial charge in [-0.3, -0.25) is 4.79 Å². The molecule has 0 saturated carbocycles. The molecule has 0 aromatic carbocycles. The average molecular weight is 190 g/mol. The van der Waals surface area contributed by atoms with Crippen LogP contribution in [0, 0.1) is 0 Å². The number of ketones is 1. The molecule has 6 heteroatoms. The number of rotatable bonds is 2. The van der Waals surface area contributed by atoms with Crippen molar-refractivity contribution in [3.8, 4) is 0 Å². The van der Waals surface area contributed by atoms with Crippen LogP contribution < -0.4 is 0 Å². The van der Waals surface area contributed by atoms with Crippen LogP contribution in [-0.4, -0.2) is 21.7 Å². The van der Waals surface area contributed by atoms with Crippen LogP contribution >= 0.6 is 0 Å². The van der Waals surface area contributed by atoms with Gasteiger partial charge >= 0.3 is 6.18 Å². The zero-order valence-corrected chi connectivity index (χ0v) is 6.38. The van der Waals surface area contributed by atoms with Crippen LogP contribution in [0.4, 0.5) is 13.2 Å². The van der Waals surface area contributed by atoms with E-state index >= 15 is 0 Å². The lowest BCUT2D eigenvalue weighted by molar-refractivity contribution is -0.0885. The maximum Gasteiger partial charge on any atom is 0.454 e. The summed E-state index contributed by atoms with van der Waals surface area (Å²) in [5.74, 6) is -1.90. The summed E-state index contributed by atoms with van der Waals surface area (Å²) in [5, 5.41) is 3.45. The Bertz CT molecular complexity index is 340. The molecule has 1 aromatic heterocycles. The number of alkyl halides is 3. The fourth-order valence-electron chi connectivity index (χ4n) is 0.719. The minimum Gasteiger partial charge on any atom is -0.284 e. The number of nitrogens with zero attached hydrogens (tertiary/aromatic N) is 2. The van der Waals surface area contributed by atoms with Gasteiger partial charge < -0.3 is 0 Å². The molecule has 0 fully saturated rings. The summed E-state index contributed by atoms with van der Waals surface area (Å²) in [6.45, 7) is 3.27. The summed E-state index contributed by atoms with van der Waals surface area (Å²) in [5.41, 5.74) is -0.493. The van der Waals surface area contributed by atoms with Crippen LogP contribution in [0.5, 0.6) is 0 Å². The SMILES string of the molecule is C=Cn1cc(C(=O)C(F)(F)F)cn1. The van der Waals surface area contributed by atoms with Crippen molar-refractivity contribution >= 4 is 12.0 Å². The number of aromatic nitrogens is 2. The normalized spacial score (nSPS) is 11.3. The highest BCUT2D eigenvalue weighted by Crippen LogP contribution is 2.20. The first-order valence-electron chi connectivity index (χ1n) is 3.23. The average Bonchev–Trinajstić information content (AvgIpc) is 2.48. The zero-order valence-electron chi connectivity index (χ0n) is 6.38. The van der Waals surface area contributed by atoms with E-state index in [0.29, 0.717) is 0 Å². The predicted molar refractivity (Wildman–Crippen MR) is 39.0 cm³/mol. The minimum atomic E-state index is -4.85. The molecule has 0 amide bonds. The van der Waals surface area contributed by atoms with Crippen molar-refractivity contribution < 1.29 is 18.0 Å². The van der Waals surface area contributed by atoms with Crippen LogP contribution in [-0.2, 0) is 0 Å². The Labute approximate surface area is 71.5 Å². The third-order valence-electron chi connectivity index (χ3n) is 1.31. The third-order valence-corrected chi connectivity index (χ3v) is 1.31. The molecule has 1 aromatic rings. The van der Waals surface area contributed by atoms with Crippen LogP contribution in [0.15, 0.2) is 19.0 Å². The van der Waals surface area contributed by atoms with Crippen molar-refractivity contribution in [3.05, 3.63) is 24.5 Å². The Kier molecular flexibility index (Phi) is 2.22. The van der Waals surface area contributed by atoms with Crippen LogP contribution in [0.25, 0.3) is 6.20 Å². The molecule has 0 N–H and O–H groups in total. The molecule has 0 aliphatic heterocycles. The predicted octanol–water partition coefficient (Wildman–Crippen LogP) is 1.73. The van der Waals surface area contributed by atoms with Crippen LogP contribution in [0.2, 0.25) is 0 Å². The van der Waals surface area contributed by atoms with Gasteiger partial charge in [0.05, 0.1) is 11.8 Å². The van der Waals surface area contributed by atoms with E-state index in [1.807, 2.05) is 0 Å². The van der Waals surface area contributed by atoms with Gasteiger partial charge in [-0.25, -0.2) is 4.68 Å². The molecule has 1 heterocycles. The number of Topliss-reactive ketones (excluding diaryl/α,β-unsaturated/α-hetero) is 1. The molecule has 1 rings (SSSR count). The van der Waals surface area contributed by atoms with E-state index in [-0.39, 0.29) is 0 Å². The number of halogens is 3. The van der Waals surface area contributed by atoms with Gasteiger partial charge in [0.1, 0.15) is 0 Å². The van der Waals surface area contributed by atoms with Gasteiger partial charge in [-0.15, -0.1) is 0 Å². The second-order valence-electron chi connectivity index (χ2n) is 2.22. The number of hydrogen-bond acceptors (Lipinski definition) is 2. The minimum absolute atomic E-state index is 0.493. The molecule has 3 nitrogen and oxygen atoms in total. The van der Waals surface area contributed by atoms with Crippen molar-refractivity contribution in [2.75, 3.05) is 0 Å². The highest BCUT2D eigenvalue weighted by atomic mass is 19.4. The Morgan fingerprint density at radius 3 is 2.62 bits per heavy atom. The second kappa shape index (κ2) is 3.04. The molecule has 0 aliphatic rings. The first-order chi connectivity index (χ1) is 5.95. The third kappa shape index (κ3) is 1.95. The lowest BCUT2D eigenvalue weighted by atomic mass is 10.2. The molecule has 0 unspecified atom stereocenters. The first kappa shape index (κ1) is 9.50. The summed E-state index contributed by atoms with van der Waals surface area (Å²) >= 11 is 0. The molecule has 13 heavy (non-hydrogen) atoms. The first-order valence-corrected chi connectivity index (χ1v) is 3.23. The Balaban J connectivity index is 2.96. The number of carbonyl (C=O) groups excluding carboxylic acids is 1. The second-order valence-corrected chi connectivity index (χ2v) is 2.22. The van der Waals surface area contributed by atoms with E-state index in [0.717, 1.165) is 17.1 Å². The van der Waals surface area contributed by atoms with Crippen LogP contribution in [0.1, 0.15) is 10.4 Å². The standard InChI is InChI=1S/C7H5F3N2O/c1-2-12-4-5(3-11-12)6(13)7(8,9)10/h2-4H,1H2. The van der Waals surface area contributed by atoms with E-state index < -0.39 is 17.5 Å². The quantitative estimate of drug-likeness (QED) is 0.665. The van der Waals surface area contributed by atoms with Gasteiger partial charge in [-0.2, -0.15) is 18.3 Å². The maximum absolute atomic E-state index is 11.8. The van der Waals surface area contributed by atoms with Crippen molar-refractivity contribution in [2.24, 2.45) is 0 Å². The van der Waals surface area contributed by atoms with Gasteiger partial charge in [0.25, 0.3) is 5.78 Å². The van der Waals surface area contributed by atoms with Crippen molar-refractivity contribution in [3.63, 3.8) is 0 Å². The van der Waals surface area contributed by atoms with Gasteiger partial charge in [0.2, 0.25) is 0 Å². The van der Waals surface area contributed by atoms with E-state index in [4.69, 9.17) is 0 Å². The van der Waals surface area contributed by atoms with Gasteiger partial charge in [-0.1, -0.05) is 6.58 Å². The Morgan fingerprint density at radius 2 is 2.23 bits per heavy atom. The van der Waals surface area contributed by atoms with Crippen LogP contribution in [0.3, 0.4) is 0 Å². The fourth-order valence-corrected chi connectivity index (χ4v) is 0.719. The summed E-state index contributed by atoms with van der Waals surface area (Å²) in [6, 6.07) is 0. The molecule has 0 saturated heterocycles. The highest BCUT2D eigenvalue weighted by molar-refractivity contribution is 5.99. The summed E-state index contributed by atoms with van der Waals surface area (Å²) in [7, 11) is 0. The zero-order chi connectivity index (χ0) is 10.1. The Morgan fingerprint density at radius 1 is 1.62 bits per heavy atom. The molecule has 0 bridgehead atoms.